The second-order valence-electron chi connectivity index (χ2n) is 25.0. The van der Waals surface area contributed by atoms with Gasteiger partial charge in [-0.3, -0.25) is 24.5 Å². The minimum atomic E-state index is -0.692. The minimum Gasteiger partial charge on any atom is -0.507 e. The third kappa shape index (κ3) is 10.8. The number of benzene rings is 7. The lowest BCUT2D eigenvalue weighted by Gasteiger charge is -2.30. The van der Waals surface area contributed by atoms with Gasteiger partial charge < -0.3 is 54.5 Å². The highest BCUT2D eigenvalue weighted by Gasteiger charge is 2.49. The van der Waals surface area contributed by atoms with E-state index in [0.717, 1.165) is 40.9 Å². The molecular formula is C73H74N3O15+. The number of aryl methyl sites for hydroxylation is 1. The molecule has 0 saturated heterocycles. The Balaban J connectivity index is 0.000000157. The first kappa shape index (κ1) is 63.7. The van der Waals surface area contributed by atoms with Gasteiger partial charge in [0.2, 0.25) is 0 Å². The largest absolute Gasteiger partial charge is 0.507 e. The van der Waals surface area contributed by atoms with Gasteiger partial charge in [-0.2, -0.15) is 0 Å². The first-order chi connectivity index (χ1) is 42.8. The van der Waals surface area contributed by atoms with Gasteiger partial charge in [-0.25, -0.2) is 9.37 Å². The molecule has 0 bridgehead atoms. The van der Waals surface area contributed by atoms with Crippen molar-refractivity contribution < 1.29 is 78.5 Å². The highest BCUT2D eigenvalue weighted by atomic mass is 16.6. The number of aromatic nitrogens is 1. The number of ether oxygens (including phenoxy) is 3. The number of nitrogens with zero attached hydrogens (tertiary/aromatic N) is 2. The molecule has 8 aromatic rings. The molecule has 1 aliphatic carbocycles. The van der Waals surface area contributed by atoms with Crippen LogP contribution in [-0.2, 0) is 22.7 Å². The molecule has 1 amide bonds. The molecule has 4 aliphatic rings. The SMILES string of the molecule is CC(=O)C(C)(C1=C(C)[N+](C)=C2CC=CC=C12)c1c(C)n(C)c2ccccc12.CC(=O)c1cc(NC(=O)Oc2ccc(C(C)(C)C)cc2)ccc1O.C[C@H]1Oc2cc3c(-c4c(O)cc(O)c5c(O)c6c(cc45)O[C@H](C)[C@@H](C)C6=O)c(O)cc(O)c3c(O)c2C(=O)[C@@H]1C. The quantitative estimate of drug-likeness (QED) is 0.0419. The van der Waals surface area contributed by atoms with Crippen molar-refractivity contribution in [3.05, 3.63) is 160 Å². The molecule has 91 heavy (non-hydrogen) atoms. The van der Waals surface area contributed by atoms with Crippen LogP contribution < -0.4 is 19.5 Å². The fourth-order valence-electron chi connectivity index (χ4n) is 12.8. The number of aromatic hydroxyl groups is 7. The number of carbonyl (C=O) groups excluding carboxylic acids is 5. The van der Waals surface area contributed by atoms with Gasteiger partial charge in [0.25, 0.3) is 0 Å². The van der Waals surface area contributed by atoms with Gasteiger partial charge in [0.1, 0.15) is 93.7 Å². The Bertz CT molecular complexity index is 4460. The van der Waals surface area contributed by atoms with E-state index in [1.165, 1.54) is 65.1 Å². The predicted octanol–water partition coefficient (Wildman–Crippen LogP) is 14.2. The molecular weight excluding hydrogens is 1160 g/mol. The third-order valence-electron chi connectivity index (χ3n) is 18.5. The molecule has 0 spiro atoms. The van der Waals surface area contributed by atoms with Crippen molar-refractivity contribution in [2.75, 3.05) is 12.4 Å². The molecule has 3 aliphatic heterocycles. The molecule has 4 heterocycles. The Kier molecular flexibility index (Phi) is 16.5. The van der Waals surface area contributed by atoms with Crippen LogP contribution in [0.25, 0.3) is 43.6 Å². The zero-order valence-electron chi connectivity index (χ0n) is 53.2. The zero-order chi connectivity index (χ0) is 66.4. The first-order valence-electron chi connectivity index (χ1n) is 29.9. The van der Waals surface area contributed by atoms with Crippen molar-refractivity contribution in [2.45, 2.75) is 113 Å². The van der Waals surface area contributed by atoms with E-state index >= 15 is 0 Å². The summed E-state index contributed by atoms with van der Waals surface area (Å²) < 4.78 is 21.5. The molecule has 5 atom stereocenters. The summed E-state index contributed by atoms with van der Waals surface area (Å²) >= 11 is 0. The summed E-state index contributed by atoms with van der Waals surface area (Å²) in [5, 5.41) is 79.0. The van der Waals surface area contributed by atoms with E-state index in [2.05, 4.69) is 113 Å². The topological polar surface area (TPSA) is 275 Å². The highest BCUT2D eigenvalue weighted by molar-refractivity contribution is 6.20. The molecule has 470 valence electrons. The number of phenols is 7. The predicted molar refractivity (Wildman–Crippen MR) is 348 cm³/mol. The van der Waals surface area contributed by atoms with Crippen LogP contribution in [0.3, 0.4) is 0 Å². The van der Waals surface area contributed by atoms with Crippen LogP contribution in [0.2, 0.25) is 0 Å². The molecule has 0 fully saturated rings. The number of hydrogen-bond acceptors (Lipinski definition) is 15. The summed E-state index contributed by atoms with van der Waals surface area (Å²) in [6.07, 6.45) is 5.64. The summed E-state index contributed by atoms with van der Waals surface area (Å²) in [4.78, 5) is 62.7. The van der Waals surface area contributed by atoms with E-state index < -0.39 is 70.0 Å². The second-order valence-corrected chi connectivity index (χ2v) is 25.0. The maximum absolute atomic E-state index is 13.3. The number of allylic oxidation sites excluding steroid dienone is 6. The minimum absolute atomic E-state index is 0.0155. The van der Waals surface area contributed by atoms with Crippen molar-refractivity contribution >= 4 is 73.1 Å². The van der Waals surface area contributed by atoms with Gasteiger partial charge in [0.15, 0.2) is 28.8 Å². The Morgan fingerprint density at radius 2 is 1.19 bits per heavy atom. The lowest BCUT2D eigenvalue weighted by atomic mass is 9.68. The summed E-state index contributed by atoms with van der Waals surface area (Å²) in [6, 6.07) is 24.6. The van der Waals surface area contributed by atoms with Crippen LogP contribution in [0.1, 0.15) is 130 Å². The van der Waals surface area contributed by atoms with Gasteiger partial charge in [0.05, 0.1) is 51.2 Å². The summed E-state index contributed by atoms with van der Waals surface area (Å²) in [5.74, 6) is -4.91. The average molecular weight is 1230 g/mol. The second kappa shape index (κ2) is 23.5. The number of fused-ring (bicyclic) bond motifs is 6. The number of nitrogens with one attached hydrogen (secondary N) is 1. The van der Waals surface area contributed by atoms with E-state index in [9.17, 15) is 59.7 Å². The van der Waals surface area contributed by atoms with Crippen molar-refractivity contribution in [2.24, 2.45) is 18.9 Å². The maximum Gasteiger partial charge on any atom is 0.417 e. The van der Waals surface area contributed by atoms with Crippen molar-refractivity contribution in [3.63, 3.8) is 0 Å². The van der Waals surface area contributed by atoms with Crippen molar-refractivity contribution in [1.29, 1.82) is 0 Å². The van der Waals surface area contributed by atoms with Crippen LogP contribution in [-0.4, -0.2) is 99.1 Å². The lowest BCUT2D eigenvalue weighted by Crippen LogP contribution is -2.35. The average Bonchev–Trinajstić information content (AvgIpc) is 1.72. The number of anilines is 1. The van der Waals surface area contributed by atoms with Crippen molar-refractivity contribution in [3.8, 4) is 68.6 Å². The number of Topliss-reactive ketones (excluding diaryl/α,β-unsaturated/α-hetero) is 4. The van der Waals surface area contributed by atoms with Gasteiger partial charge in [-0.15, -0.1) is 0 Å². The number of ketones is 4. The summed E-state index contributed by atoms with van der Waals surface area (Å²) in [7, 11) is 4.20. The van der Waals surface area contributed by atoms with Crippen LogP contribution in [0.15, 0.2) is 126 Å². The fraction of sp³-hybridized carbons (Fsp3) is 0.288. The van der Waals surface area contributed by atoms with Crippen LogP contribution in [0.5, 0.6) is 57.5 Å². The van der Waals surface area contributed by atoms with E-state index in [0.29, 0.717) is 11.4 Å². The number of carbonyl (C=O) groups is 5. The Morgan fingerprint density at radius 3 is 1.69 bits per heavy atom. The normalized spacial score (nSPS) is 18.2. The van der Waals surface area contributed by atoms with Gasteiger partial charge in [-0.05, 0) is 113 Å². The van der Waals surface area contributed by atoms with Crippen LogP contribution >= 0.6 is 0 Å². The summed E-state index contributed by atoms with van der Waals surface area (Å²) in [5.41, 5.74) is 8.82. The number of amides is 1. The van der Waals surface area contributed by atoms with Crippen LogP contribution in [0, 0.1) is 18.8 Å². The molecule has 1 aromatic heterocycles. The van der Waals surface area contributed by atoms with Crippen LogP contribution in [0.4, 0.5) is 10.5 Å². The number of para-hydroxylation sites is 1. The van der Waals surface area contributed by atoms with E-state index in [1.807, 2.05) is 12.1 Å². The van der Waals surface area contributed by atoms with E-state index in [4.69, 9.17) is 14.2 Å². The Hall–Kier alpha value is -10.4. The van der Waals surface area contributed by atoms with Gasteiger partial charge >= 0.3 is 6.09 Å². The molecule has 1 unspecified atom stereocenters. The zero-order valence-corrected chi connectivity index (χ0v) is 53.2. The summed E-state index contributed by atoms with van der Waals surface area (Å²) in [6.45, 7) is 22.5. The molecule has 0 saturated carbocycles. The highest BCUT2D eigenvalue weighted by Crippen LogP contribution is 2.56. The van der Waals surface area contributed by atoms with E-state index in [-0.39, 0.29) is 95.2 Å². The number of phenolic OH excluding ortho intramolecular Hbond substituents is 7. The Labute approximate surface area is 525 Å². The smallest absolute Gasteiger partial charge is 0.417 e. The van der Waals surface area contributed by atoms with Gasteiger partial charge in [-0.1, -0.05) is 77.1 Å². The fourth-order valence-corrected chi connectivity index (χ4v) is 12.8. The van der Waals surface area contributed by atoms with Gasteiger partial charge in [0, 0.05) is 70.3 Å². The number of hydrogen-bond donors (Lipinski definition) is 8. The maximum atomic E-state index is 13.3. The molecule has 18 nitrogen and oxygen atoms in total. The monoisotopic (exact) mass is 1230 g/mol. The standard InChI is InChI=1S/C30H26O10.C24H27N2O.C19H21NO4/c1-9-11(3)39-19-5-13-21(15(31)7-17(33)23(13)29(37)25(19)27(9)35)22-14-6-20-26(28(36)10(2)12(4)40-20)30(38)24(14)18(34)8-16(22)32;1-15-22(18-11-7-9-13-20(18)25(15)5)24(4,17(3)27)23-16(2)26(6)21-14-10-8-12-19(21)23;1-12(21)16-11-14(7-10-17(16)22)20-18(23)24-15-8-5-13(6-9-15)19(2,3)4/h5-12,31-34,37-38H,1-4H3;7-13H,14H2,1-6H3;5-11,22H,1-4H3,(H,20,23)/q;+1;/t9-,10-,11-,12-;;/m1../s1. The molecule has 7 aromatic carbocycles. The molecule has 18 heteroatoms. The lowest BCUT2D eigenvalue weighted by molar-refractivity contribution is -0.441. The molecule has 12 rings (SSSR count). The first-order valence-corrected chi connectivity index (χ1v) is 29.9. The van der Waals surface area contributed by atoms with E-state index in [1.54, 1.807) is 46.8 Å². The van der Waals surface area contributed by atoms with Crippen molar-refractivity contribution in [1.82, 2.24) is 4.57 Å². The molecule has 0 radical (unpaired) electrons. The Morgan fingerprint density at radius 1 is 0.659 bits per heavy atom. The molecule has 8 N–H and O–H groups in total. The third-order valence-corrected chi connectivity index (χ3v) is 18.5. The number of rotatable bonds is 7.